The van der Waals surface area contributed by atoms with Crippen LogP contribution in [0.5, 0.6) is 11.5 Å². The Morgan fingerprint density at radius 1 is 1.19 bits per heavy atom. The number of piperidine rings is 1. The molecule has 26 heavy (non-hydrogen) atoms. The van der Waals surface area contributed by atoms with Crippen molar-refractivity contribution in [3.8, 4) is 11.5 Å². The predicted molar refractivity (Wildman–Crippen MR) is 93.2 cm³/mol. The minimum absolute atomic E-state index is 0.0415. The lowest BCUT2D eigenvalue weighted by molar-refractivity contribution is -0.145. The molecule has 2 fully saturated rings. The number of carbonyl (C=O) groups excluding carboxylic acids is 1. The number of ether oxygens (including phenoxy) is 2. The van der Waals surface area contributed by atoms with Crippen LogP contribution >= 0.6 is 11.6 Å². The van der Waals surface area contributed by atoms with Crippen LogP contribution < -0.4 is 14.8 Å². The second-order valence-corrected chi connectivity index (χ2v) is 7.65. The molecule has 1 amide bonds. The van der Waals surface area contributed by atoms with Crippen LogP contribution in [0.15, 0.2) is 12.1 Å². The Morgan fingerprint density at radius 2 is 1.88 bits per heavy atom. The molecule has 1 aliphatic carbocycles. The Labute approximate surface area is 156 Å². The molecule has 0 spiro atoms. The maximum absolute atomic E-state index is 12.4. The summed E-state index contributed by atoms with van der Waals surface area (Å²) in [6.45, 7) is 1.55. The van der Waals surface area contributed by atoms with Crippen molar-refractivity contribution < 1.29 is 24.2 Å². The summed E-state index contributed by atoms with van der Waals surface area (Å²) >= 11 is 6.34. The van der Waals surface area contributed by atoms with E-state index in [-0.39, 0.29) is 24.7 Å². The first-order chi connectivity index (χ1) is 12.5. The molecule has 1 saturated heterocycles. The van der Waals surface area contributed by atoms with Gasteiger partial charge in [0.2, 0.25) is 12.7 Å². The molecule has 2 aliphatic heterocycles. The molecule has 0 unspecified atom stereocenters. The van der Waals surface area contributed by atoms with Gasteiger partial charge in [-0.15, -0.1) is 0 Å². The topological polar surface area (TPSA) is 88.1 Å². The Balaban J connectivity index is 1.49. The van der Waals surface area contributed by atoms with Crippen molar-refractivity contribution >= 4 is 23.5 Å². The van der Waals surface area contributed by atoms with Crippen molar-refractivity contribution in [3.05, 3.63) is 22.7 Å². The number of carbonyl (C=O) groups is 2. The highest BCUT2D eigenvalue weighted by molar-refractivity contribution is 6.31. The zero-order valence-corrected chi connectivity index (χ0v) is 15.0. The Hall–Kier alpha value is -1.99. The maximum atomic E-state index is 12.4. The monoisotopic (exact) mass is 380 g/mol. The Morgan fingerprint density at radius 3 is 2.58 bits per heavy atom. The largest absolute Gasteiger partial charge is 0.481 e. The smallest absolute Gasteiger partial charge is 0.307 e. The van der Waals surface area contributed by atoms with E-state index in [1.807, 2.05) is 11.0 Å². The summed E-state index contributed by atoms with van der Waals surface area (Å²) in [5.74, 6) is -0.539. The van der Waals surface area contributed by atoms with Gasteiger partial charge in [0, 0.05) is 36.8 Å². The fourth-order valence-electron chi connectivity index (χ4n) is 3.56. The van der Waals surface area contributed by atoms with E-state index in [1.54, 1.807) is 6.07 Å². The molecule has 0 bridgehead atoms. The molecule has 1 saturated carbocycles. The first-order valence-electron chi connectivity index (χ1n) is 8.83. The number of benzene rings is 1. The van der Waals surface area contributed by atoms with E-state index in [0.29, 0.717) is 42.6 Å². The van der Waals surface area contributed by atoms with Gasteiger partial charge < -0.3 is 19.9 Å². The molecule has 0 radical (unpaired) electrons. The lowest BCUT2D eigenvalue weighted by atomic mass is 9.88. The number of fused-ring (bicyclic) bond motifs is 1. The van der Waals surface area contributed by atoms with Crippen LogP contribution in [-0.4, -0.2) is 47.8 Å². The summed E-state index contributed by atoms with van der Waals surface area (Å²) in [7, 11) is 0. The molecule has 3 aliphatic rings. The van der Waals surface area contributed by atoms with E-state index in [2.05, 4.69) is 5.32 Å². The molecular weight excluding hydrogens is 360 g/mol. The summed E-state index contributed by atoms with van der Waals surface area (Å²) in [5.41, 5.74) is 0.836. The summed E-state index contributed by atoms with van der Waals surface area (Å²) in [5, 5.41) is 13.0. The van der Waals surface area contributed by atoms with Crippen LogP contribution in [0.25, 0.3) is 0 Å². The molecule has 7 nitrogen and oxygen atoms in total. The highest BCUT2D eigenvalue weighted by Gasteiger charge is 2.37. The van der Waals surface area contributed by atoms with Gasteiger partial charge in [-0.2, -0.15) is 0 Å². The number of amides is 1. The molecule has 4 rings (SSSR count). The number of halogens is 1. The van der Waals surface area contributed by atoms with Crippen LogP contribution in [0, 0.1) is 11.8 Å². The molecular formula is C18H21ClN2O5. The molecule has 2 N–H and O–H groups in total. The third-order valence-electron chi connectivity index (χ3n) is 5.11. The van der Waals surface area contributed by atoms with E-state index < -0.39 is 11.9 Å². The van der Waals surface area contributed by atoms with Crippen LogP contribution in [0.1, 0.15) is 24.8 Å². The zero-order chi connectivity index (χ0) is 18.3. The van der Waals surface area contributed by atoms with Gasteiger partial charge in [-0.3, -0.25) is 14.5 Å². The summed E-state index contributed by atoms with van der Waals surface area (Å²) in [6, 6.07) is 3.81. The van der Waals surface area contributed by atoms with Gasteiger partial charge in [0.15, 0.2) is 11.5 Å². The van der Waals surface area contributed by atoms with Gasteiger partial charge in [0.25, 0.3) is 0 Å². The van der Waals surface area contributed by atoms with E-state index in [9.17, 15) is 14.7 Å². The van der Waals surface area contributed by atoms with E-state index >= 15 is 0 Å². The van der Waals surface area contributed by atoms with Crippen LogP contribution in [0.4, 0.5) is 0 Å². The molecule has 1 aromatic carbocycles. The number of carboxylic acid groups (broad SMARTS) is 1. The third kappa shape index (κ3) is 3.73. The van der Waals surface area contributed by atoms with E-state index in [1.165, 1.54) is 0 Å². The van der Waals surface area contributed by atoms with Crippen molar-refractivity contribution in [2.24, 2.45) is 11.8 Å². The summed E-state index contributed by atoms with van der Waals surface area (Å²) in [4.78, 5) is 26.0. The average molecular weight is 381 g/mol. The van der Waals surface area contributed by atoms with Crippen LogP contribution in [-0.2, 0) is 16.1 Å². The van der Waals surface area contributed by atoms with Crippen molar-refractivity contribution in [2.75, 3.05) is 19.9 Å². The Bertz CT molecular complexity index is 737. The predicted octanol–water partition coefficient (Wildman–Crippen LogP) is 1.87. The zero-order valence-electron chi connectivity index (χ0n) is 14.2. The summed E-state index contributed by atoms with van der Waals surface area (Å²) in [6.07, 6.45) is 2.40. The van der Waals surface area contributed by atoms with E-state index in [0.717, 1.165) is 18.4 Å². The van der Waals surface area contributed by atoms with Gasteiger partial charge in [-0.25, -0.2) is 0 Å². The van der Waals surface area contributed by atoms with Crippen molar-refractivity contribution in [2.45, 2.75) is 31.8 Å². The van der Waals surface area contributed by atoms with Gasteiger partial charge in [0.1, 0.15) is 0 Å². The number of hydrogen-bond acceptors (Lipinski definition) is 5. The number of rotatable bonds is 5. The minimum atomic E-state index is -0.865. The average Bonchev–Trinajstić information content (AvgIpc) is 3.31. The molecule has 2 heterocycles. The molecule has 1 aromatic rings. The van der Waals surface area contributed by atoms with Gasteiger partial charge in [-0.05, 0) is 30.9 Å². The fraction of sp³-hybridized carbons (Fsp3) is 0.556. The van der Waals surface area contributed by atoms with Crippen molar-refractivity contribution in [1.82, 2.24) is 10.2 Å². The summed E-state index contributed by atoms with van der Waals surface area (Å²) < 4.78 is 10.7. The second-order valence-electron chi connectivity index (χ2n) is 7.24. The highest BCUT2D eigenvalue weighted by atomic mass is 35.5. The fourth-order valence-corrected chi connectivity index (χ4v) is 3.77. The van der Waals surface area contributed by atoms with Crippen molar-refractivity contribution in [3.63, 3.8) is 0 Å². The molecule has 8 heteroatoms. The Kier molecular flexibility index (Phi) is 4.67. The number of aliphatic carboxylic acids is 1. The number of nitrogens with zero attached hydrogens (tertiary/aromatic N) is 1. The van der Waals surface area contributed by atoms with Crippen molar-refractivity contribution in [1.29, 1.82) is 0 Å². The standard InChI is InChI=1S/C18H21ClN2O5/c19-14-5-16-15(25-9-26-16)4-10(14)6-21-7-11(3-12(8-21)18(23)24)17(22)20-13-1-2-13/h4-5,11-13H,1-3,6-9H2,(H,20,22)(H,23,24)/t11-,12+/m1/s1. The minimum Gasteiger partial charge on any atom is -0.481 e. The maximum Gasteiger partial charge on any atom is 0.307 e. The molecule has 140 valence electrons. The number of hydrogen-bond donors (Lipinski definition) is 2. The quantitative estimate of drug-likeness (QED) is 0.810. The van der Waals surface area contributed by atoms with Gasteiger partial charge >= 0.3 is 5.97 Å². The van der Waals surface area contributed by atoms with Crippen LogP contribution in [0.3, 0.4) is 0 Å². The highest BCUT2D eigenvalue weighted by Crippen LogP contribution is 2.37. The van der Waals surface area contributed by atoms with E-state index in [4.69, 9.17) is 21.1 Å². The molecule has 2 atom stereocenters. The first-order valence-corrected chi connectivity index (χ1v) is 9.21. The molecule has 0 aromatic heterocycles. The van der Waals surface area contributed by atoms with Gasteiger partial charge in [-0.1, -0.05) is 11.6 Å². The number of carboxylic acids is 1. The van der Waals surface area contributed by atoms with Crippen LogP contribution in [0.2, 0.25) is 5.02 Å². The lowest BCUT2D eigenvalue weighted by Gasteiger charge is -2.35. The van der Waals surface area contributed by atoms with Gasteiger partial charge in [0.05, 0.1) is 11.8 Å². The third-order valence-corrected chi connectivity index (χ3v) is 5.46. The second kappa shape index (κ2) is 6.96. The number of nitrogens with one attached hydrogen (secondary N) is 1. The SMILES string of the molecule is O=C(O)[C@H]1C[C@@H](C(=O)NC2CC2)CN(Cc2cc3c(cc2Cl)OCO3)C1. The lowest BCUT2D eigenvalue weighted by Crippen LogP contribution is -2.48. The first kappa shape index (κ1) is 17.4. The number of likely N-dealkylation sites (tertiary alicyclic amines) is 1. The normalized spacial score (nSPS) is 25.1.